The van der Waals surface area contributed by atoms with Crippen molar-refractivity contribution in [2.45, 2.75) is 24.6 Å². The average molecular weight is 729 g/mol. The summed E-state index contributed by atoms with van der Waals surface area (Å²) in [5.74, 6) is -7.09. The van der Waals surface area contributed by atoms with Crippen molar-refractivity contribution >= 4 is 45.8 Å². The minimum Gasteiger partial charge on any atom is -0.433 e. The summed E-state index contributed by atoms with van der Waals surface area (Å²) in [5, 5.41) is 11.7. The number of rotatable bonds is 7. The third kappa shape index (κ3) is 6.35. The van der Waals surface area contributed by atoms with Crippen LogP contribution in [0.1, 0.15) is 26.3 Å². The fourth-order valence-corrected chi connectivity index (χ4v) is 4.09. The summed E-state index contributed by atoms with van der Waals surface area (Å²) < 4.78 is 151. The van der Waals surface area contributed by atoms with Crippen LogP contribution >= 0.6 is 22.6 Å². The molecule has 42 heavy (non-hydrogen) atoms. The lowest BCUT2D eigenvalue weighted by Gasteiger charge is -2.31. The lowest BCUT2D eigenvalue weighted by atomic mass is 9.93. The van der Waals surface area contributed by atoms with Crippen LogP contribution in [0.15, 0.2) is 48.7 Å². The molecular formula is C23H11F11IN3O4. The van der Waals surface area contributed by atoms with E-state index in [4.69, 9.17) is 0 Å². The van der Waals surface area contributed by atoms with Crippen molar-refractivity contribution in [1.82, 2.24) is 4.98 Å². The molecule has 0 saturated carbocycles. The molecule has 0 unspecified atom stereocenters. The minimum absolute atomic E-state index is 0.0485. The van der Waals surface area contributed by atoms with Crippen LogP contribution in [0.3, 0.4) is 0 Å². The van der Waals surface area contributed by atoms with E-state index in [-0.39, 0.29) is 17.2 Å². The first-order valence-electron chi connectivity index (χ1n) is 10.7. The maximum absolute atomic E-state index is 15.2. The van der Waals surface area contributed by atoms with Crippen LogP contribution in [0.25, 0.3) is 0 Å². The third-order valence-electron chi connectivity index (χ3n) is 5.31. The second kappa shape index (κ2) is 11.9. The van der Waals surface area contributed by atoms with Gasteiger partial charge in [0.25, 0.3) is 11.8 Å². The Morgan fingerprint density at radius 1 is 0.976 bits per heavy atom. The molecule has 1 heterocycles. The van der Waals surface area contributed by atoms with Gasteiger partial charge in [0.1, 0.15) is 5.69 Å². The van der Waals surface area contributed by atoms with E-state index in [0.717, 1.165) is 52.9 Å². The number of nitrogens with one attached hydrogen (secondary N) is 1. The Morgan fingerprint density at radius 3 is 2.12 bits per heavy atom. The number of amides is 2. The van der Waals surface area contributed by atoms with Gasteiger partial charge in [0, 0.05) is 15.3 Å². The fraction of sp³-hybridized carbons (Fsp3) is 0.174. The van der Waals surface area contributed by atoms with Crippen LogP contribution in [0, 0.1) is 15.3 Å². The standard InChI is InChI=1S/C23H11F11IN3O4/c24-15-5-4-9(8-36-15)19(40)38(41)13-3-1-2-11(16(13)25)18(39)37-17-12(35)6-10(7-14(17)42-20(26)27)21(28,22(29,30)31)23(32,33)34/h1-8,20,41H,(H,37,39). The number of anilines is 2. The van der Waals surface area contributed by atoms with Crippen molar-refractivity contribution in [2.24, 2.45) is 0 Å². The summed E-state index contributed by atoms with van der Waals surface area (Å²) in [6.07, 6.45) is -12.5. The summed E-state index contributed by atoms with van der Waals surface area (Å²) in [6, 6.07) is 3.66. The maximum Gasteiger partial charge on any atom is 0.435 e. The van der Waals surface area contributed by atoms with Gasteiger partial charge in [-0.1, -0.05) is 6.07 Å². The van der Waals surface area contributed by atoms with E-state index in [1.807, 2.05) is 0 Å². The van der Waals surface area contributed by atoms with E-state index < -0.39 is 85.6 Å². The molecule has 0 aliphatic carbocycles. The Bertz CT molecular complexity index is 1480. The third-order valence-corrected chi connectivity index (χ3v) is 6.16. The van der Waals surface area contributed by atoms with Crippen molar-refractivity contribution in [1.29, 1.82) is 0 Å². The van der Waals surface area contributed by atoms with Crippen molar-refractivity contribution in [3.05, 3.63) is 80.7 Å². The summed E-state index contributed by atoms with van der Waals surface area (Å²) in [4.78, 5) is 28.4. The number of hydroxylamine groups is 1. The first-order valence-corrected chi connectivity index (χ1v) is 11.7. The summed E-state index contributed by atoms with van der Waals surface area (Å²) in [6.45, 7) is -3.90. The Hall–Kier alpha value is -3.75. The quantitative estimate of drug-likeness (QED) is 0.0888. The molecule has 0 saturated heterocycles. The zero-order valence-corrected chi connectivity index (χ0v) is 22.0. The number of ether oxygens (including phenoxy) is 1. The number of hydrogen-bond donors (Lipinski definition) is 2. The fourth-order valence-electron chi connectivity index (χ4n) is 3.35. The lowest BCUT2D eigenvalue weighted by Crippen LogP contribution is -2.50. The van der Waals surface area contributed by atoms with E-state index in [9.17, 15) is 58.7 Å². The molecule has 0 radical (unpaired) electrons. The molecule has 2 amide bonds. The maximum atomic E-state index is 15.2. The summed E-state index contributed by atoms with van der Waals surface area (Å²) >= 11 is 0.991. The van der Waals surface area contributed by atoms with E-state index >= 15 is 4.39 Å². The number of alkyl halides is 9. The molecular weight excluding hydrogens is 718 g/mol. The van der Waals surface area contributed by atoms with Crippen LogP contribution < -0.4 is 15.1 Å². The molecule has 0 bridgehead atoms. The molecule has 19 heteroatoms. The Kier molecular flexibility index (Phi) is 9.25. The predicted octanol–water partition coefficient (Wildman–Crippen LogP) is 7.14. The van der Waals surface area contributed by atoms with Crippen molar-refractivity contribution < 1.29 is 67.8 Å². The molecule has 1 aromatic heterocycles. The van der Waals surface area contributed by atoms with Gasteiger partial charge in [-0.15, -0.1) is 0 Å². The highest BCUT2D eigenvalue weighted by Crippen LogP contribution is 2.54. The number of carbonyl (C=O) groups is 2. The second-order valence-electron chi connectivity index (χ2n) is 7.94. The van der Waals surface area contributed by atoms with Crippen LogP contribution in [0.2, 0.25) is 0 Å². The molecule has 0 aliphatic rings. The molecule has 3 rings (SSSR count). The predicted molar refractivity (Wildman–Crippen MR) is 128 cm³/mol. The first kappa shape index (κ1) is 32.8. The highest BCUT2D eigenvalue weighted by molar-refractivity contribution is 14.1. The zero-order chi connectivity index (χ0) is 31.8. The molecule has 3 aromatic rings. The van der Waals surface area contributed by atoms with Gasteiger partial charge >= 0.3 is 24.6 Å². The normalized spacial score (nSPS) is 12.3. The Morgan fingerprint density at radius 2 is 1.60 bits per heavy atom. The molecule has 0 fully saturated rings. The van der Waals surface area contributed by atoms with Gasteiger partial charge < -0.3 is 10.1 Å². The Labute approximate surface area is 240 Å². The summed E-state index contributed by atoms with van der Waals surface area (Å²) in [7, 11) is 0. The molecule has 0 aliphatic heterocycles. The lowest BCUT2D eigenvalue weighted by molar-refractivity contribution is -0.348. The number of aromatic nitrogens is 1. The second-order valence-corrected chi connectivity index (χ2v) is 9.11. The van der Waals surface area contributed by atoms with Crippen molar-refractivity contribution in [3.8, 4) is 5.75 Å². The van der Waals surface area contributed by atoms with E-state index in [2.05, 4.69) is 9.72 Å². The van der Waals surface area contributed by atoms with Crippen molar-refractivity contribution in [3.63, 3.8) is 0 Å². The zero-order valence-electron chi connectivity index (χ0n) is 19.8. The number of nitrogens with zero attached hydrogens (tertiary/aromatic N) is 2. The minimum atomic E-state index is -6.61. The van der Waals surface area contributed by atoms with Gasteiger partial charge in [0.15, 0.2) is 11.6 Å². The van der Waals surface area contributed by atoms with E-state index in [1.54, 1.807) is 5.32 Å². The average Bonchev–Trinajstić information content (AvgIpc) is 2.88. The largest absolute Gasteiger partial charge is 0.435 e. The van der Waals surface area contributed by atoms with Gasteiger partial charge in [0.05, 0.1) is 16.8 Å². The smallest absolute Gasteiger partial charge is 0.433 e. The molecule has 0 spiro atoms. The number of benzene rings is 2. The van der Waals surface area contributed by atoms with E-state index in [1.165, 1.54) is 0 Å². The summed E-state index contributed by atoms with van der Waals surface area (Å²) in [5.41, 5.74) is -11.7. The Balaban J connectivity index is 2.04. The molecule has 0 atom stereocenters. The molecule has 7 nitrogen and oxygen atoms in total. The van der Waals surface area contributed by atoms with Crippen molar-refractivity contribution in [2.75, 3.05) is 10.4 Å². The van der Waals surface area contributed by atoms with Crippen LogP contribution in [-0.4, -0.2) is 41.0 Å². The van der Waals surface area contributed by atoms with Gasteiger partial charge in [-0.05, 0) is 59.0 Å². The molecule has 2 N–H and O–H groups in total. The van der Waals surface area contributed by atoms with Crippen LogP contribution in [0.4, 0.5) is 59.7 Å². The molecule has 226 valence electrons. The highest BCUT2D eigenvalue weighted by Gasteiger charge is 2.73. The topological polar surface area (TPSA) is 91.8 Å². The SMILES string of the molecule is O=C(Nc1c(I)cc(C(F)(C(F)(F)F)C(F)(F)F)cc1OC(F)F)c1cccc(N(O)C(=O)c2ccc(F)nc2)c1F. The first-order chi connectivity index (χ1) is 19.3. The van der Waals surface area contributed by atoms with Gasteiger partial charge in [-0.25, -0.2) is 13.8 Å². The van der Waals surface area contributed by atoms with Gasteiger partial charge in [0.2, 0.25) is 5.95 Å². The monoisotopic (exact) mass is 729 g/mol. The van der Waals surface area contributed by atoms with Gasteiger partial charge in [-0.3, -0.25) is 14.8 Å². The van der Waals surface area contributed by atoms with E-state index in [0.29, 0.717) is 6.20 Å². The number of pyridine rings is 1. The highest BCUT2D eigenvalue weighted by atomic mass is 127. The number of carbonyl (C=O) groups excluding carboxylic acids is 2. The molecule has 2 aromatic carbocycles. The van der Waals surface area contributed by atoms with Crippen LogP contribution in [0.5, 0.6) is 5.75 Å². The number of halogens is 12. The number of hydrogen-bond acceptors (Lipinski definition) is 5. The van der Waals surface area contributed by atoms with Crippen LogP contribution in [-0.2, 0) is 5.67 Å². The van der Waals surface area contributed by atoms with Gasteiger partial charge in [-0.2, -0.15) is 44.6 Å².